The van der Waals surface area contributed by atoms with Crippen LogP contribution >= 0.6 is 0 Å². The quantitative estimate of drug-likeness (QED) is 0.843. The Morgan fingerprint density at radius 3 is 2.81 bits per heavy atom. The van der Waals surface area contributed by atoms with Crippen molar-refractivity contribution < 1.29 is 14.7 Å². The van der Waals surface area contributed by atoms with Crippen LogP contribution in [0.25, 0.3) is 0 Å². The van der Waals surface area contributed by atoms with E-state index in [-0.39, 0.29) is 12.1 Å². The highest BCUT2D eigenvalue weighted by atomic mass is 16.4. The molecule has 142 valence electrons. The molecule has 0 aliphatic carbocycles. The van der Waals surface area contributed by atoms with Gasteiger partial charge in [-0.2, -0.15) is 0 Å². The number of rotatable bonds is 4. The monoisotopic (exact) mass is 361 g/mol. The molecule has 0 aromatic carbocycles. The minimum absolute atomic E-state index is 0.0431. The Balaban J connectivity index is 1.57. The number of likely N-dealkylation sites (tertiary alicyclic amines) is 1. The molecule has 0 spiro atoms. The molecular formula is C18H27N5O3. The SMILES string of the molecule is CCc1cc(N2CCCC(NC(=O)N3CCCC(C(=O)O)C3)C2)ncn1. The van der Waals surface area contributed by atoms with Gasteiger partial charge in [-0.15, -0.1) is 0 Å². The zero-order valence-electron chi connectivity index (χ0n) is 15.2. The zero-order valence-corrected chi connectivity index (χ0v) is 15.2. The first kappa shape index (κ1) is 18.4. The van der Waals surface area contributed by atoms with Crippen LogP contribution in [0.2, 0.25) is 0 Å². The van der Waals surface area contributed by atoms with Gasteiger partial charge in [-0.3, -0.25) is 4.79 Å². The van der Waals surface area contributed by atoms with Crippen LogP contribution in [0, 0.1) is 5.92 Å². The largest absolute Gasteiger partial charge is 0.481 e. The van der Waals surface area contributed by atoms with Crippen molar-refractivity contribution in [1.82, 2.24) is 20.2 Å². The van der Waals surface area contributed by atoms with Crippen LogP contribution in [0.1, 0.15) is 38.3 Å². The molecule has 26 heavy (non-hydrogen) atoms. The van der Waals surface area contributed by atoms with Gasteiger partial charge in [0.15, 0.2) is 0 Å². The summed E-state index contributed by atoms with van der Waals surface area (Å²) in [5.41, 5.74) is 1.01. The van der Waals surface area contributed by atoms with Crippen molar-refractivity contribution >= 4 is 17.8 Å². The minimum atomic E-state index is -0.818. The molecule has 2 saturated heterocycles. The number of nitrogens with one attached hydrogen (secondary N) is 1. The average Bonchev–Trinajstić information content (AvgIpc) is 2.68. The Labute approximate surface area is 153 Å². The highest BCUT2D eigenvalue weighted by Gasteiger charge is 2.30. The van der Waals surface area contributed by atoms with E-state index >= 15 is 0 Å². The Morgan fingerprint density at radius 1 is 1.23 bits per heavy atom. The van der Waals surface area contributed by atoms with E-state index in [0.29, 0.717) is 26.1 Å². The molecule has 1 aromatic rings. The van der Waals surface area contributed by atoms with Crippen LogP contribution in [0.15, 0.2) is 12.4 Å². The molecule has 2 atom stereocenters. The van der Waals surface area contributed by atoms with Gasteiger partial charge in [-0.25, -0.2) is 14.8 Å². The summed E-state index contributed by atoms with van der Waals surface area (Å²) in [7, 11) is 0. The highest BCUT2D eigenvalue weighted by molar-refractivity contribution is 5.77. The Hall–Kier alpha value is -2.38. The Kier molecular flexibility index (Phi) is 5.90. The van der Waals surface area contributed by atoms with Gasteiger partial charge in [0.1, 0.15) is 12.1 Å². The number of piperidine rings is 2. The Morgan fingerprint density at radius 2 is 2.04 bits per heavy atom. The average molecular weight is 361 g/mol. The third kappa shape index (κ3) is 4.42. The molecule has 1 aromatic heterocycles. The van der Waals surface area contributed by atoms with E-state index in [1.165, 1.54) is 0 Å². The molecule has 0 radical (unpaired) electrons. The molecular weight excluding hydrogens is 334 g/mol. The molecule has 0 saturated carbocycles. The van der Waals surface area contributed by atoms with Gasteiger partial charge in [0.05, 0.1) is 5.92 Å². The molecule has 8 nitrogen and oxygen atoms in total. The van der Waals surface area contributed by atoms with Crippen LogP contribution in [0.4, 0.5) is 10.6 Å². The molecule has 2 N–H and O–H groups in total. The number of carboxylic acid groups (broad SMARTS) is 1. The zero-order chi connectivity index (χ0) is 18.5. The van der Waals surface area contributed by atoms with Crippen molar-refractivity contribution in [2.24, 2.45) is 5.92 Å². The summed E-state index contributed by atoms with van der Waals surface area (Å²) < 4.78 is 0. The highest BCUT2D eigenvalue weighted by Crippen LogP contribution is 2.20. The predicted octanol–water partition coefficient (Wildman–Crippen LogP) is 1.51. The Bertz CT molecular complexity index is 653. The maximum absolute atomic E-state index is 12.6. The summed E-state index contributed by atoms with van der Waals surface area (Å²) in [6, 6.07) is 1.90. The minimum Gasteiger partial charge on any atom is -0.481 e. The molecule has 3 heterocycles. The first-order valence-corrected chi connectivity index (χ1v) is 9.41. The number of carbonyl (C=O) groups is 2. The molecule has 3 rings (SSSR count). The number of carboxylic acids is 1. The molecule has 0 bridgehead atoms. The van der Waals surface area contributed by atoms with E-state index in [4.69, 9.17) is 0 Å². The number of aliphatic carboxylic acids is 1. The second-order valence-corrected chi connectivity index (χ2v) is 7.08. The van der Waals surface area contributed by atoms with Crippen LogP contribution in [0.5, 0.6) is 0 Å². The summed E-state index contributed by atoms with van der Waals surface area (Å²) in [5.74, 6) is -0.368. The first-order valence-electron chi connectivity index (χ1n) is 9.41. The van der Waals surface area contributed by atoms with Gasteiger partial charge in [0.2, 0.25) is 0 Å². The van der Waals surface area contributed by atoms with Gasteiger partial charge < -0.3 is 20.2 Å². The second kappa shape index (κ2) is 8.33. The fourth-order valence-corrected chi connectivity index (χ4v) is 3.68. The number of aromatic nitrogens is 2. The maximum atomic E-state index is 12.6. The van der Waals surface area contributed by atoms with E-state index in [2.05, 4.69) is 27.1 Å². The van der Waals surface area contributed by atoms with Crippen LogP contribution in [0.3, 0.4) is 0 Å². The van der Waals surface area contributed by atoms with Crippen molar-refractivity contribution in [3.63, 3.8) is 0 Å². The van der Waals surface area contributed by atoms with Crippen molar-refractivity contribution in [3.8, 4) is 0 Å². The van der Waals surface area contributed by atoms with Gasteiger partial charge in [-0.05, 0) is 32.1 Å². The number of hydrogen-bond donors (Lipinski definition) is 2. The van der Waals surface area contributed by atoms with E-state index in [1.807, 2.05) is 6.07 Å². The maximum Gasteiger partial charge on any atom is 0.317 e. The van der Waals surface area contributed by atoms with Gasteiger partial charge in [0.25, 0.3) is 0 Å². The lowest BCUT2D eigenvalue weighted by Gasteiger charge is -2.36. The summed E-state index contributed by atoms with van der Waals surface area (Å²) in [5, 5.41) is 12.3. The molecule has 2 aliphatic heterocycles. The number of urea groups is 1. The number of carbonyl (C=O) groups excluding carboxylic acids is 1. The second-order valence-electron chi connectivity index (χ2n) is 7.08. The summed E-state index contributed by atoms with van der Waals surface area (Å²) in [4.78, 5) is 36.2. The summed E-state index contributed by atoms with van der Waals surface area (Å²) >= 11 is 0. The summed E-state index contributed by atoms with van der Waals surface area (Å²) in [6.07, 6.45) is 5.74. The van der Waals surface area contributed by atoms with E-state index in [9.17, 15) is 14.7 Å². The molecule has 8 heteroatoms. The lowest BCUT2D eigenvalue weighted by Crippen LogP contribution is -2.54. The van der Waals surface area contributed by atoms with Crippen LogP contribution in [-0.2, 0) is 11.2 Å². The number of anilines is 1. The van der Waals surface area contributed by atoms with Crippen molar-refractivity contribution in [2.45, 2.75) is 45.1 Å². The van der Waals surface area contributed by atoms with Crippen molar-refractivity contribution in [3.05, 3.63) is 18.1 Å². The molecule has 2 aliphatic rings. The smallest absolute Gasteiger partial charge is 0.317 e. The first-order chi connectivity index (χ1) is 12.6. The van der Waals surface area contributed by atoms with E-state index in [1.54, 1.807) is 11.2 Å². The normalized spacial score (nSPS) is 23.6. The third-order valence-corrected chi connectivity index (χ3v) is 5.20. The molecule has 2 amide bonds. The van der Waals surface area contributed by atoms with Crippen LogP contribution < -0.4 is 10.2 Å². The lowest BCUT2D eigenvalue weighted by molar-refractivity contribution is -0.143. The van der Waals surface area contributed by atoms with Crippen molar-refractivity contribution in [2.75, 3.05) is 31.1 Å². The summed E-state index contributed by atoms with van der Waals surface area (Å²) in [6.45, 7) is 4.61. The number of aryl methyl sites for hydroxylation is 1. The van der Waals surface area contributed by atoms with Crippen LogP contribution in [-0.4, -0.2) is 64.2 Å². The fraction of sp³-hybridized carbons (Fsp3) is 0.667. The fourth-order valence-electron chi connectivity index (χ4n) is 3.68. The number of hydrogen-bond acceptors (Lipinski definition) is 5. The van der Waals surface area contributed by atoms with Gasteiger partial charge >= 0.3 is 12.0 Å². The third-order valence-electron chi connectivity index (χ3n) is 5.20. The lowest BCUT2D eigenvalue weighted by atomic mass is 9.98. The van der Waals surface area contributed by atoms with Gasteiger partial charge in [-0.1, -0.05) is 6.92 Å². The molecule has 2 unspecified atom stereocenters. The number of amides is 2. The number of nitrogens with zero attached hydrogens (tertiary/aromatic N) is 4. The predicted molar refractivity (Wildman–Crippen MR) is 97.1 cm³/mol. The van der Waals surface area contributed by atoms with E-state index in [0.717, 1.165) is 43.7 Å². The van der Waals surface area contributed by atoms with Gasteiger partial charge in [0, 0.05) is 44.0 Å². The van der Waals surface area contributed by atoms with E-state index < -0.39 is 11.9 Å². The standard InChI is InChI=1S/C18H27N5O3/c1-2-14-9-16(20-12-19-14)22-7-4-6-15(11-22)21-18(26)23-8-3-5-13(10-23)17(24)25/h9,12-13,15H,2-8,10-11H2,1H3,(H,21,26)(H,24,25). The van der Waals surface area contributed by atoms with Crippen molar-refractivity contribution in [1.29, 1.82) is 0 Å². The molecule has 2 fully saturated rings. The topological polar surface area (TPSA) is 98.7 Å².